The third-order valence-corrected chi connectivity index (χ3v) is 1.84. The summed E-state index contributed by atoms with van der Waals surface area (Å²) in [4.78, 5) is 0. The molecular formula is C8H15N. The summed E-state index contributed by atoms with van der Waals surface area (Å²) in [5.41, 5.74) is 1.66. The van der Waals surface area contributed by atoms with E-state index >= 15 is 0 Å². The standard InChI is InChI=1S/C8H15N/c1-9-7-6-8-4-2-3-5-8/h6,9H,2-5,7H2,1H3. The van der Waals surface area contributed by atoms with E-state index in [1.165, 1.54) is 25.7 Å². The maximum absolute atomic E-state index is 3.12. The number of likely N-dealkylation sites (N-methyl/N-ethyl adjacent to an activating group) is 1. The molecule has 1 aliphatic carbocycles. The maximum Gasteiger partial charge on any atom is 0.0134 e. The van der Waals surface area contributed by atoms with E-state index in [4.69, 9.17) is 0 Å². The monoisotopic (exact) mass is 125 g/mol. The van der Waals surface area contributed by atoms with Crippen molar-refractivity contribution in [3.63, 3.8) is 0 Å². The fourth-order valence-corrected chi connectivity index (χ4v) is 1.28. The molecule has 1 saturated carbocycles. The predicted octanol–water partition coefficient (Wildman–Crippen LogP) is 1.71. The maximum atomic E-state index is 3.12. The Balaban J connectivity index is 2.22. The first-order valence-corrected chi connectivity index (χ1v) is 3.76. The molecule has 52 valence electrons. The van der Waals surface area contributed by atoms with Crippen molar-refractivity contribution < 1.29 is 0 Å². The molecule has 0 bridgehead atoms. The van der Waals surface area contributed by atoms with Crippen LogP contribution < -0.4 is 5.32 Å². The van der Waals surface area contributed by atoms with E-state index in [2.05, 4.69) is 11.4 Å². The van der Waals surface area contributed by atoms with Gasteiger partial charge >= 0.3 is 0 Å². The van der Waals surface area contributed by atoms with Crippen LogP contribution in [-0.4, -0.2) is 13.6 Å². The van der Waals surface area contributed by atoms with Gasteiger partial charge in [-0.25, -0.2) is 0 Å². The lowest BCUT2D eigenvalue weighted by atomic mass is 10.2. The number of allylic oxidation sites excluding steroid dienone is 1. The van der Waals surface area contributed by atoms with Gasteiger partial charge in [0.15, 0.2) is 0 Å². The fraction of sp³-hybridized carbons (Fsp3) is 0.750. The van der Waals surface area contributed by atoms with Gasteiger partial charge in [-0.15, -0.1) is 0 Å². The third kappa shape index (κ3) is 2.19. The number of rotatable bonds is 2. The van der Waals surface area contributed by atoms with Gasteiger partial charge in [0.25, 0.3) is 0 Å². The fourth-order valence-electron chi connectivity index (χ4n) is 1.28. The highest BCUT2D eigenvalue weighted by molar-refractivity contribution is 5.06. The van der Waals surface area contributed by atoms with Crippen LogP contribution in [-0.2, 0) is 0 Å². The number of hydrogen-bond donors (Lipinski definition) is 1. The Bertz CT molecular complexity index is 97.1. The average molecular weight is 125 g/mol. The molecule has 1 rings (SSSR count). The summed E-state index contributed by atoms with van der Waals surface area (Å²) < 4.78 is 0. The van der Waals surface area contributed by atoms with Crippen LogP contribution in [0.4, 0.5) is 0 Å². The van der Waals surface area contributed by atoms with Crippen molar-refractivity contribution in [1.82, 2.24) is 5.32 Å². The Morgan fingerprint density at radius 3 is 2.67 bits per heavy atom. The van der Waals surface area contributed by atoms with E-state index in [9.17, 15) is 0 Å². The molecule has 1 N–H and O–H groups in total. The lowest BCUT2D eigenvalue weighted by Crippen LogP contribution is -2.04. The highest BCUT2D eigenvalue weighted by Crippen LogP contribution is 2.22. The summed E-state index contributed by atoms with van der Waals surface area (Å²) in [6, 6.07) is 0. The van der Waals surface area contributed by atoms with Gasteiger partial charge in [-0.2, -0.15) is 0 Å². The van der Waals surface area contributed by atoms with E-state index in [-0.39, 0.29) is 0 Å². The molecule has 0 amide bonds. The van der Waals surface area contributed by atoms with Crippen LogP contribution in [0.15, 0.2) is 11.6 Å². The molecule has 0 unspecified atom stereocenters. The van der Waals surface area contributed by atoms with Crippen molar-refractivity contribution in [2.45, 2.75) is 25.7 Å². The highest BCUT2D eigenvalue weighted by Gasteiger charge is 2.04. The van der Waals surface area contributed by atoms with Gasteiger partial charge in [0.2, 0.25) is 0 Å². The molecule has 9 heavy (non-hydrogen) atoms. The normalized spacial score (nSPS) is 18.6. The van der Waals surface area contributed by atoms with Gasteiger partial charge in [-0.3, -0.25) is 0 Å². The van der Waals surface area contributed by atoms with E-state index in [1.54, 1.807) is 5.57 Å². The summed E-state index contributed by atoms with van der Waals surface area (Å²) in [6.07, 6.45) is 7.85. The topological polar surface area (TPSA) is 12.0 Å². The largest absolute Gasteiger partial charge is 0.316 e. The second-order valence-corrected chi connectivity index (χ2v) is 2.63. The molecule has 1 nitrogen and oxygen atoms in total. The van der Waals surface area contributed by atoms with Gasteiger partial charge in [0, 0.05) is 6.54 Å². The van der Waals surface area contributed by atoms with Crippen molar-refractivity contribution in [1.29, 1.82) is 0 Å². The smallest absolute Gasteiger partial charge is 0.0134 e. The molecular weight excluding hydrogens is 110 g/mol. The van der Waals surface area contributed by atoms with Crippen molar-refractivity contribution in [2.75, 3.05) is 13.6 Å². The van der Waals surface area contributed by atoms with Crippen molar-refractivity contribution in [3.05, 3.63) is 11.6 Å². The van der Waals surface area contributed by atoms with Crippen LogP contribution in [0, 0.1) is 0 Å². The highest BCUT2D eigenvalue weighted by atomic mass is 14.8. The minimum atomic E-state index is 1.05. The first-order valence-electron chi connectivity index (χ1n) is 3.76. The minimum Gasteiger partial charge on any atom is -0.316 e. The molecule has 0 aromatic carbocycles. The lowest BCUT2D eigenvalue weighted by Gasteiger charge is -1.93. The Hall–Kier alpha value is -0.300. The molecule has 1 aliphatic rings. The zero-order chi connectivity index (χ0) is 6.53. The molecule has 0 aromatic rings. The zero-order valence-corrected chi connectivity index (χ0v) is 6.11. The summed E-state index contributed by atoms with van der Waals surface area (Å²) in [7, 11) is 1.99. The van der Waals surface area contributed by atoms with Crippen molar-refractivity contribution in [2.24, 2.45) is 0 Å². The minimum absolute atomic E-state index is 1.05. The Labute approximate surface area is 57.1 Å². The summed E-state index contributed by atoms with van der Waals surface area (Å²) in [6.45, 7) is 1.05. The number of nitrogens with one attached hydrogen (secondary N) is 1. The first-order chi connectivity index (χ1) is 4.43. The van der Waals surface area contributed by atoms with Crippen molar-refractivity contribution >= 4 is 0 Å². The van der Waals surface area contributed by atoms with Crippen LogP contribution in [0.2, 0.25) is 0 Å². The quantitative estimate of drug-likeness (QED) is 0.554. The van der Waals surface area contributed by atoms with E-state index in [0.717, 1.165) is 6.54 Å². The van der Waals surface area contributed by atoms with E-state index in [0.29, 0.717) is 0 Å². The molecule has 0 radical (unpaired) electrons. The van der Waals surface area contributed by atoms with Crippen LogP contribution in [0.3, 0.4) is 0 Å². The van der Waals surface area contributed by atoms with Crippen molar-refractivity contribution in [3.8, 4) is 0 Å². The third-order valence-electron chi connectivity index (χ3n) is 1.84. The SMILES string of the molecule is CNCC=C1CCCC1. The second-order valence-electron chi connectivity index (χ2n) is 2.63. The second kappa shape index (κ2) is 3.67. The number of hydrogen-bond acceptors (Lipinski definition) is 1. The average Bonchev–Trinajstić information content (AvgIpc) is 2.34. The van der Waals surface area contributed by atoms with E-state index in [1.807, 2.05) is 7.05 Å². The molecule has 0 aromatic heterocycles. The molecule has 0 spiro atoms. The van der Waals surface area contributed by atoms with Gasteiger partial charge in [0.05, 0.1) is 0 Å². The lowest BCUT2D eigenvalue weighted by molar-refractivity contribution is 0.886. The van der Waals surface area contributed by atoms with Crippen LogP contribution in [0.25, 0.3) is 0 Å². The molecule has 1 fully saturated rings. The van der Waals surface area contributed by atoms with Crippen LogP contribution >= 0.6 is 0 Å². The van der Waals surface area contributed by atoms with E-state index < -0.39 is 0 Å². The zero-order valence-electron chi connectivity index (χ0n) is 6.11. The van der Waals surface area contributed by atoms with Gasteiger partial charge < -0.3 is 5.32 Å². The summed E-state index contributed by atoms with van der Waals surface area (Å²) in [5.74, 6) is 0. The molecule has 0 heterocycles. The summed E-state index contributed by atoms with van der Waals surface area (Å²) in [5, 5.41) is 3.12. The Morgan fingerprint density at radius 1 is 1.44 bits per heavy atom. The molecule has 1 heteroatoms. The molecule has 0 atom stereocenters. The predicted molar refractivity (Wildman–Crippen MR) is 40.5 cm³/mol. The Morgan fingerprint density at radius 2 is 2.11 bits per heavy atom. The first kappa shape index (κ1) is 6.81. The van der Waals surface area contributed by atoms with Crippen LogP contribution in [0.5, 0.6) is 0 Å². The van der Waals surface area contributed by atoms with Gasteiger partial charge in [-0.05, 0) is 32.7 Å². The van der Waals surface area contributed by atoms with Gasteiger partial charge in [-0.1, -0.05) is 11.6 Å². The van der Waals surface area contributed by atoms with Gasteiger partial charge in [0.1, 0.15) is 0 Å². The summed E-state index contributed by atoms with van der Waals surface area (Å²) >= 11 is 0. The molecule has 0 aliphatic heterocycles. The molecule has 0 saturated heterocycles. The van der Waals surface area contributed by atoms with Crippen LogP contribution in [0.1, 0.15) is 25.7 Å². The Kier molecular flexibility index (Phi) is 2.78.